The maximum Gasteiger partial charge on any atom is 0.227 e. The van der Waals surface area contributed by atoms with Crippen LogP contribution in [0.4, 0.5) is 11.4 Å². The number of hydrogen-bond donors (Lipinski definition) is 2. The van der Waals surface area contributed by atoms with Crippen LogP contribution < -0.4 is 16.0 Å². The van der Waals surface area contributed by atoms with Gasteiger partial charge in [0, 0.05) is 25.0 Å². The van der Waals surface area contributed by atoms with Gasteiger partial charge in [-0.3, -0.25) is 4.79 Å². The zero-order chi connectivity index (χ0) is 15.5. The van der Waals surface area contributed by atoms with E-state index in [0.717, 1.165) is 30.6 Å². The molecule has 22 heavy (non-hydrogen) atoms. The highest BCUT2D eigenvalue weighted by Gasteiger charge is 2.28. The predicted octanol–water partition coefficient (Wildman–Crippen LogP) is 3.13. The third kappa shape index (κ3) is 3.27. The van der Waals surface area contributed by atoms with Gasteiger partial charge in [-0.1, -0.05) is 25.0 Å². The molecule has 2 aliphatic carbocycles. The largest absolute Gasteiger partial charge is 0.370 e. The van der Waals surface area contributed by atoms with E-state index in [1.807, 2.05) is 18.2 Å². The van der Waals surface area contributed by atoms with Gasteiger partial charge in [-0.05, 0) is 44.2 Å². The Morgan fingerprint density at radius 3 is 2.59 bits per heavy atom. The number of amides is 1. The average Bonchev–Trinajstić information content (AvgIpc) is 3.18. The lowest BCUT2D eigenvalue weighted by molar-refractivity contribution is -0.119. The number of para-hydroxylation sites is 2. The fraction of sp³-hybridized carbons (Fsp3) is 0.611. The molecule has 2 aliphatic rings. The molecule has 4 nitrogen and oxygen atoms in total. The van der Waals surface area contributed by atoms with E-state index in [4.69, 9.17) is 5.73 Å². The maximum absolute atomic E-state index is 12.5. The van der Waals surface area contributed by atoms with Gasteiger partial charge in [0.05, 0.1) is 11.4 Å². The standard InChI is InChI=1S/C18H27N3O/c1-21(15-6-2-3-7-15)17-9-5-4-8-16(17)20-18(22)13-10-11-14(19)12-13/h4-5,8-9,13-15H,2-3,6-7,10-12,19H2,1H3,(H,20,22). The van der Waals surface area contributed by atoms with Gasteiger partial charge in [0.1, 0.15) is 0 Å². The summed E-state index contributed by atoms with van der Waals surface area (Å²) in [5.41, 5.74) is 7.99. The van der Waals surface area contributed by atoms with Crippen LogP contribution in [0.5, 0.6) is 0 Å². The van der Waals surface area contributed by atoms with Gasteiger partial charge in [0.15, 0.2) is 0 Å². The van der Waals surface area contributed by atoms with E-state index in [1.54, 1.807) is 0 Å². The Morgan fingerprint density at radius 2 is 1.91 bits per heavy atom. The minimum Gasteiger partial charge on any atom is -0.370 e. The van der Waals surface area contributed by atoms with E-state index in [2.05, 4.69) is 23.3 Å². The third-order valence-corrected chi connectivity index (χ3v) is 5.26. The molecule has 2 atom stereocenters. The molecule has 0 heterocycles. The van der Waals surface area contributed by atoms with Crippen LogP contribution in [0.2, 0.25) is 0 Å². The molecule has 1 aromatic carbocycles. The summed E-state index contributed by atoms with van der Waals surface area (Å²) in [4.78, 5) is 14.8. The molecule has 2 unspecified atom stereocenters. The Kier molecular flexibility index (Phi) is 4.67. The molecule has 3 rings (SSSR count). The number of nitrogens with one attached hydrogen (secondary N) is 1. The number of anilines is 2. The Labute approximate surface area is 133 Å². The zero-order valence-electron chi connectivity index (χ0n) is 13.4. The summed E-state index contributed by atoms with van der Waals surface area (Å²) in [5.74, 6) is 0.195. The summed E-state index contributed by atoms with van der Waals surface area (Å²) in [5, 5.41) is 3.14. The molecule has 2 saturated carbocycles. The molecule has 120 valence electrons. The second-order valence-corrected chi connectivity index (χ2v) is 6.83. The molecule has 2 fully saturated rings. The second kappa shape index (κ2) is 6.69. The lowest BCUT2D eigenvalue weighted by atomic mass is 10.1. The van der Waals surface area contributed by atoms with E-state index in [1.165, 1.54) is 25.7 Å². The van der Waals surface area contributed by atoms with Crippen molar-refractivity contribution in [2.24, 2.45) is 11.7 Å². The summed E-state index contributed by atoms with van der Waals surface area (Å²) in [6, 6.07) is 8.93. The second-order valence-electron chi connectivity index (χ2n) is 6.83. The number of rotatable bonds is 4. The monoisotopic (exact) mass is 301 g/mol. The van der Waals surface area contributed by atoms with Gasteiger partial charge in [0.25, 0.3) is 0 Å². The van der Waals surface area contributed by atoms with Gasteiger partial charge in [-0.25, -0.2) is 0 Å². The van der Waals surface area contributed by atoms with Crippen molar-refractivity contribution in [3.05, 3.63) is 24.3 Å². The highest BCUT2D eigenvalue weighted by atomic mass is 16.1. The molecule has 1 amide bonds. The van der Waals surface area contributed by atoms with Crippen LogP contribution in [0.25, 0.3) is 0 Å². The molecular formula is C18H27N3O. The third-order valence-electron chi connectivity index (χ3n) is 5.26. The lowest BCUT2D eigenvalue weighted by Crippen LogP contribution is -2.30. The summed E-state index contributed by atoms with van der Waals surface area (Å²) in [6.07, 6.45) is 7.79. The topological polar surface area (TPSA) is 58.4 Å². The van der Waals surface area contributed by atoms with Gasteiger partial charge in [-0.15, -0.1) is 0 Å². The first-order chi connectivity index (χ1) is 10.6. The number of carbonyl (C=O) groups excluding carboxylic acids is 1. The van der Waals surface area contributed by atoms with Crippen LogP contribution in [0.15, 0.2) is 24.3 Å². The molecule has 0 radical (unpaired) electrons. The van der Waals surface area contributed by atoms with E-state index >= 15 is 0 Å². The van der Waals surface area contributed by atoms with Crippen molar-refractivity contribution >= 4 is 17.3 Å². The average molecular weight is 301 g/mol. The van der Waals surface area contributed by atoms with Crippen LogP contribution in [-0.2, 0) is 4.79 Å². The van der Waals surface area contributed by atoms with Crippen molar-refractivity contribution in [3.63, 3.8) is 0 Å². The van der Waals surface area contributed by atoms with Crippen molar-refractivity contribution in [2.75, 3.05) is 17.3 Å². The van der Waals surface area contributed by atoms with Gasteiger partial charge in [-0.2, -0.15) is 0 Å². The molecule has 0 saturated heterocycles. The number of hydrogen-bond acceptors (Lipinski definition) is 3. The zero-order valence-corrected chi connectivity index (χ0v) is 13.4. The molecule has 0 bridgehead atoms. The van der Waals surface area contributed by atoms with Crippen LogP contribution in [0, 0.1) is 5.92 Å². The number of carbonyl (C=O) groups is 1. The first kappa shape index (κ1) is 15.3. The summed E-state index contributed by atoms with van der Waals surface area (Å²) in [7, 11) is 2.15. The fourth-order valence-electron chi connectivity index (χ4n) is 3.86. The SMILES string of the molecule is CN(c1ccccc1NC(=O)C1CCC(N)C1)C1CCCC1. The van der Waals surface area contributed by atoms with Crippen molar-refractivity contribution in [3.8, 4) is 0 Å². The molecule has 3 N–H and O–H groups in total. The predicted molar refractivity (Wildman–Crippen MR) is 91.0 cm³/mol. The van der Waals surface area contributed by atoms with Crippen molar-refractivity contribution in [2.45, 2.75) is 57.0 Å². The number of nitrogens with two attached hydrogens (primary N) is 1. The van der Waals surface area contributed by atoms with E-state index < -0.39 is 0 Å². The van der Waals surface area contributed by atoms with Crippen molar-refractivity contribution < 1.29 is 4.79 Å². The van der Waals surface area contributed by atoms with E-state index in [-0.39, 0.29) is 17.9 Å². The normalized spacial score (nSPS) is 25.4. The Balaban J connectivity index is 1.72. The van der Waals surface area contributed by atoms with Gasteiger partial charge >= 0.3 is 0 Å². The van der Waals surface area contributed by atoms with E-state index in [9.17, 15) is 4.79 Å². The Bertz CT molecular complexity index is 525. The van der Waals surface area contributed by atoms with Crippen LogP contribution in [0.3, 0.4) is 0 Å². The lowest BCUT2D eigenvalue weighted by Gasteiger charge is -2.29. The highest BCUT2D eigenvalue weighted by molar-refractivity contribution is 5.96. The summed E-state index contributed by atoms with van der Waals surface area (Å²) < 4.78 is 0. The van der Waals surface area contributed by atoms with Crippen LogP contribution in [-0.4, -0.2) is 25.0 Å². The Morgan fingerprint density at radius 1 is 1.18 bits per heavy atom. The summed E-state index contributed by atoms with van der Waals surface area (Å²) >= 11 is 0. The van der Waals surface area contributed by atoms with Crippen LogP contribution >= 0.6 is 0 Å². The fourth-order valence-corrected chi connectivity index (χ4v) is 3.86. The van der Waals surface area contributed by atoms with Crippen molar-refractivity contribution in [1.29, 1.82) is 0 Å². The van der Waals surface area contributed by atoms with Crippen LogP contribution in [0.1, 0.15) is 44.9 Å². The Hall–Kier alpha value is -1.55. The molecule has 0 aliphatic heterocycles. The minimum absolute atomic E-state index is 0.0693. The number of nitrogens with zero attached hydrogens (tertiary/aromatic N) is 1. The van der Waals surface area contributed by atoms with Crippen molar-refractivity contribution in [1.82, 2.24) is 0 Å². The minimum atomic E-state index is 0.0693. The summed E-state index contributed by atoms with van der Waals surface area (Å²) in [6.45, 7) is 0. The van der Waals surface area contributed by atoms with Gasteiger partial charge < -0.3 is 16.0 Å². The molecule has 4 heteroatoms. The number of benzene rings is 1. The highest BCUT2D eigenvalue weighted by Crippen LogP contribution is 2.33. The van der Waals surface area contributed by atoms with Gasteiger partial charge in [0.2, 0.25) is 5.91 Å². The molecular weight excluding hydrogens is 274 g/mol. The molecule has 1 aromatic rings. The molecule has 0 aromatic heterocycles. The first-order valence-corrected chi connectivity index (χ1v) is 8.53. The molecule has 0 spiro atoms. The first-order valence-electron chi connectivity index (χ1n) is 8.53. The van der Waals surface area contributed by atoms with E-state index in [0.29, 0.717) is 6.04 Å². The smallest absolute Gasteiger partial charge is 0.227 e. The quantitative estimate of drug-likeness (QED) is 0.898. The maximum atomic E-state index is 12.5.